The summed E-state index contributed by atoms with van der Waals surface area (Å²) in [4.78, 5) is 0. The molecule has 0 saturated heterocycles. The molecule has 0 N–H and O–H groups in total. The van der Waals surface area contributed by atoms with Crippen molar-refractivity contribution >= 4 is 0 Å². The van der Waals surface area contributed by atoms with E-state index in [2.05, 4.69) is 34.6 Å². The molecule has 5 atom stereocenters. The summed E-state index contributed by atoms with van der Waals surface area (Å²) in [6.45, 7) is 12.0. The van der Waals surface area contributed by atoms with Crippen molar-refractivity contribution in [3.8, 4) is 0 Å². The second-order valence-electron chi connectivity index (χ2n) is 6.06. The summed E-state index contributed by atoms with van der Waals surface area (Å²) in [5.74, 6) is 5.01. The minimum atomic E-state index is 0.939. The van der Waals surface area contributed by atoms with Crippen molar-refractivity contribution in [2.75, 3.05) is 0 Å². The maximum atomic E-state index is 2.48. The molecular formula is C15H30. The fourth-order valence-corrected chi connectivity index (χ4v) is 3.37. The smallest absolute Gasteiger partial charge is 0.0355 e. The molecule has 0 amide bonds. The van der Waals surface area contributed by atoms with E-state index in [1.54, 1.807) is 0 Å². The van der Waals surface area contributed by atoms with E-state index in [1.165, 1.54) is 32.1 Å². The van der Waals surface area contributed by atoms with E-state index in [1.807, 2.05) is 0 Å². The summed E-state index contributed by atoms with van der Waals surface area (Å²) in [5.41, 5.74) is 0. The SMILES string of the molecule is CCCC(C)C1CC(C)C1CC(C)CC. The number of hydrogen-bond acceptors (Lipinski definition) is 0. The van der Waals surface area contributed by atoms with Gasteiger partial charge in [-0.25, -0.2) is 0 Å². The highest BCUT2D eigenvalue weighted by atomic mass is 14.5. The monoisotopic (exact) mass is 210 g/mol. The molecule has 0 nitrogen and oxygen atoms in total. The zero-order chi connectivity index (χ0) is 11.4. The Morgan fingerprint density at radius 3 is 2.33 bits per heavy atom. The van der Waals surface area contributed by atoms with Crippen LogP contribution in [0.25, 0.3) is 0 Å². The maximum absolute atomic E-state index is 2.48. The summed E-state index contributed by atoms with van der Waals surface area (Å²) in [6.07, 6.45) is 7.15. The van der Waals surface area contributed by atoms with Crippen molar-refractivity contribution in [2.45, 2.75) is 66.7 Å². The highest BCUT2D eigenvalue weighted by molar-refractivity contribution is 4.89. The van der Waals surface area contributed by atoms with Crippen LogP contribution in [0.5, 0.6) is 0 Å². The topological polar surface area (TPSA) is 0 Å². The predicted octanol–water partition coefficient (Wildman–Crippen LogP) is 5.13. The minimum Gasteiger partial charge on any atom is -0.0654 e. The van der Waals surface area contributed by atoms with Crippen molar-refractivity contribution < 1.29 is 0 Å². The van der Waals surface area contributed by atoms with Gasteiger partial charge in [-0.2, -0.15) is 0 Å². The summed E-state index contributed by atoms with van der Waals surface area (Å²) in [5, 5.41) is 0. The molecule has 15 heavy (non-hydrogen) atoms. The molecule has 90 valence electrons. The fraction of sp³-hybridized carbons (Fsp3) is 1.00. The Kier molecular flexibility index (Phi) is 5.15. The first-order valence-corrected chi connectivity index (χ1v) is 7.10. The first kappa shape index (κ1) is 13.1. The molecule has 0 bridgehead atoms. The molecule has 0 aromatic heterocycles. The van der Waals surface area contributed by atoms with Crippen molar-refractivity contribution in [1.82, 2.24) is 0 Å². The third-order valence-electron chi connectivity index (χ3n) is 4.77. The van der Waals surface area contributed by atoms with E-state index in [0.717, 1.165) is 29.6 Å². The first-order chi connectivity index (χ1) is 7.10. The molecule has 0 aromatic rings. The molecule has 5 unspecified atom stereocenters. The Bertz CT molecular complexity index is 173. The second-order valence-corrected chi connectivity index (χ2v) is 6.06. The molecule has 0 heteroatoms. The largest absolute Gasteiger partial charge is 0.0654 e. The van der Waals surface area contributed by atoms with E-state index in [0.29, 0.717) is 0 Å². The van der Waals surface area contributed by atoms with Crippen LogP contribution in [0.3, 0.4) is 0 Å². The molecule has 0 heterocycles. The average Bonchev–Trinajstić information content (AvgIpc) is 2.22. The predicted molar refractivity (Wildman–Crippen MR) is 68.9 cm³/mol. The minimum absolute atomic E-state index is 0.939. The van der Waals surface area contributed by atoms with Crippen LogP contribution >= 0.6 is 0 Å². The Morgan fingerprint density at radius 2 is 1.87 bits per heavy atom. The van der Waals surface area contributed by atoms with Gasteiger partial charge in [-0.05, 0) is 42.4 Å². The van der Waals surface area contributed by atoms with Crippen LogP contribution < -0.4 is 0 Å². The van der Waals surface area contributed by atoms with Gasteiger partial charge < -0.3 is 0 Å². The van der Waals surface area contributed by atoms with E-state index in [4.69, 9.17) is 0 Å². The molecule has 1 aliphatic carbocycles. The molecule has 0 radical (unpaired) electrons. The Morgan fingerprint density at radius 1 is 1.20 bits per heavy atom. The lowest BCUT2D eigenvalue weighted by Gasteiger charge is -2.47. The van der Waals surface area contributed by atoms with Gasteiger partial charge in [0.1, 0.15) is 0 Å². The third kappa shape index (κ3) is 3.23. The molecule has 0 aromatic carbocycles. The lowest BCUT2D eigenvalue weighted by molar-refractivity contribution is 0.0194. The Balaban J connectivity index is 2.40. The van der Waals surface area contributed by atoms with E-state index >= 15 is 0 Å². The lowest BCUT2D eigenvalue weighted by Crippen LogP contribution is -2.39. The van der Waals surface area contributed by atoms with Crippen LogP contribution in [0, 0.1) is 29.6 Å². The van der Waals surface area contributed by atoms with Crippen LogP contribution in [-0.2, 0) is 0 Å². The highest BCUT2D eigenvalue weighted by Crippen LogP contribution is 2.48. The summed E-state index contributed by atoms with van der Waals surface area (Å²) in [7, 11) is 0. The van der Waals surface area contributed by atoms with Gasteiger partial charge in [0.15, 0.2) is 0 Å². The van der Waals surface area contributed by atoms with Crippen LogP contribution in [0.2, 0.25) is 0 Å². The molecule has 1 rings (SSSR count). The first-order valence-electron chi connectivity index (χ1n) is 7.10. The summed E-state index contributed by atoms with van der Waals surface area (Å²) >= 11 is 0. The Hall–Kier alpha value is 0. The van der Waals surface area contributed by atoms with Crippen LogP contribution in [0.15, 0.2) is 0 Å². The zero-order valence-corrected chi connectivity index (χ0v) is 11.4. The van der Waals surface area contributed by atoms with Gasteiger partial charge in [0.25, 0.3) is 0 Å². The Labute approximate surface area is 96.8 Å². The standard InChI is InChI=1S/C15H30/c1-6-8-12(4)15-10-13(5)14(15)9-11(3)7-2/h11-15H,6-10H2,1-5H3. The van der Waals surface area contributed by atoms with Crippen molar-refractivity contribution in [1.29, 1.82) is 0 Å². The summed E-state index contributed by atoms with van der Waals surface area (Å²) in [6, 6.07) is 0. The normalized spacial score (nSPS) is 34.6. The molecule has 1 fully saturated rings. The highest BCUT2D eigenvalue weighted by Gasteiger charge is 2.40. The van der Waals surface area contributed by atoms with Crippen molar-refractivity contribution in [3.63, 3.8) is 0 Å². The van der Waals surface area contributed by atoms with Gasteiger partial charge in [-0.1, -0.05) is 53.9 Å². The van der Waals surface area contributed by atoms with Gasteiger partial charge in [0.05, 0.1) is 0 Å². The molecule has 0 aliphatic heterocycles. The van der Waals surface area contributed by atoms with Gasteiger partial charge in [0, 0.05) is 0 Å². The van der Waals surface area contributed by atoms with Crippen molar-refractivity contribution in [2.24, 2.45) is 29.6 Å². The average molecular weight is 210 g/mol. The van der Waals surface area contributed by atoms with E-state index in [-0.39, 0.29) is 0 Å². The van der Waals surface area contributed by atoms with Gasteiger partial charge in [-0.15, -0.1) is 0 Å². The van der Waals surface area contributed by atoms with E-state index in [9.17, 15) is 0 Å². The molecular weight excluding hydrogens is 180 g/mol. The maximum Gasteiger partial charge on any atom is -0.0355 e. The zero-order valence-electron chi connectivity index (χ0n) is 11.4. The van der Waals surface area contributed by atoms with Crippen molar-refractivity contribution in [3.05, 3.63) is 0 Å². The van der Waals surface area contributed by atoms with Crippen LogP contribution in [0.1, 0.15) is 66.7 Å². The van der Waals surface area contributed by atoms with Gasteiger partial charge >= 0.3 is 0 Å². The van der Waals surface area contributed by atoms with Gasteiger partial charge in [0.2, 0.25) is 0 Å². The quantitative estimate of drug-likeness (QED) is 0.570. The summed E-state index contributed by atoms with van der Waals surface area (Å²) < 4.78 is 0. The number of hydrogen-bond donors (Lipinski definition) is 0. The molecule has 1 aliphatic rings. The molecule has 1 saturated carbocycles. The molecule has 0 spiro atoms. The fourth-order valence-electron chi connectivity index (χ4n) is 3.37. The van der Waals surface area contributed by atoms with Gasteiger partial charge in [-0.3, -0.25) is 0 Å². The second kappa shape index (κ2) is 5.92. The number of rotatable bonds is 6. The lowest BCUT2D eigenvalue weighted by atomic mass is 9.58. The van der Waals surface area contributed by atoms with Crippen LogP contribution in [0.4, 0.5) is 0 Å². The third-order valence-corrected chi connectivity index (χ3v) is 4.77. The van der Waals surface area contributed by atoms with Crippen LogP contribution in [-0.4, -0.2) is 0 Å². The van der Waals surface area contributed by atoms with E-state index < -0.39 is 0 Å².